The number of halogens is 6. The molecule has 0 bridgehead atoms. The monoisotopic (exact) mass is 247 g/mol. The summed E-state index contributed by atoms with van der Waals surface area (Å²) in [5.41, 5.74) is 0. The predicted octanol–water partition coefficient (Wildman–Crippen LogP) is 3.54. The Morgan fingerprint density at radius 1 is 1.12 bits per heavy atom. The Balaban J connectivity index is 2.80. The number of nitrogens with zero attached hydrogens (tertiary/aromatic N) is 1. The second-order valence-corrected chi connectivity index (χ2v) is 4.04. The third-order valence-corrected chi connectivity index (χ3v) is 2.56. The third kappa shape index (κ3) is 3.05. The molecule has 0 radical (unpaired) electrons. The van der Waals surface area contributed by atoms with Gasteiger partial charge in [0.15, 0.2) is 0 Å². The molecule has 0 saturated carbocycles. The predicted molar refractivity (Wildman–Crippen MR) is 45.2 cm³/mol. The van der Waals surface area contributed by atoms with Gasteiger partial charge in [-0.2, -0.15) is 26.3 Å². The fourth-order valence-electron chi connectivity index (χ4n) is 1.87. The Morgan fingerprint density at radius 2 is 1.69 bits per heavy atom. The van der Waals surface area contributed by atoms with E-state index in [-0.39, 0.29) is 13.0 Å². The fourth-order valence-corrected chi connectivity index (χ4v) is 1.87. The van der Waals surface area contributed by atoms with E-state index in [2.05, 4.69) is 0 Å². The first-order chi connectivity index (χ1) is 7.21. The number of hydrogen-bond acceptors (Lipinski definition) is 1. The summed E-state index contributed by atoms with van der Waals surface area (Å²) in [6.07, 6.45) is -7.20. The van der Waals surface area contributed by atoms with Crippen LogP contribution in [-0.4, -0.2) is 24.2 Å². The van der Waals surface area contributed by atoms with E-state index in [0.29, 0.717) is 4.90 Å². The molecule has 0 aromatic rings. The first-order valence-electron chi connectivity index (χ1n) is 4.74. The molecular weight excluding hydrogens is 236 g/mol. The molecule has 94 valence electrons. The fraction of sp³-hybridized carbons (Fsp3) is 0.778. The number of rotatable bonds is 1. The quantitative estimate of drug-likeness (QED) is 0.506. The van der Waals surface area contributed by atoms with Crippen LogP contribution >= 0.6 is 0 Å². The Labute approximate surface area is 88.7 Å². The molecular formula is C9H11F6N. The van der Waals surface area contributed by atoms with Crippen molar-refractivity contribution >= 4 is 0 Å². The smallest absolute Gasteiger partial charge is 0.343 e. The maximum atomic E-state index is 12.8. The van der Waals surface area contributed by atoms with Gasteiger partial charge in [-0.25, -0.2) is 0 Å². The van der Waals surface area contributed by atoms with Gasteiger partial charge in [-0.05, 0) is 12.3 Å². The Kier molecular flexibility index (Phi) is 3.75. The maximum absolute atomic E-state index is 12.8. The van der Waals surface area contributed by atoms with E-state index in [1.165, 1.54) is 6.92 Å². The highest BCUT2D eigenvalue weighted by Crippen LogP contribution is 2.36. The molecule has 2 atom stereocenters. The third-order valence-electron chi connectivity index (χ3n) is 2.56. The van der Waals surface area contributed by atoms with Crippen molar-refractivity contribution in [2.45, 2.75) is 19.5 Å². The van der Waals surface area contributed by atoms with E-state index in [9.17, 15) is 26.3 Å². The van der Waals surface area contributed by atoms with Gasteiger partial charge in [0.2, 0.25) is 0 Å². The van der Waals surface area contributed by atoms with Gasteiger partial charge in [-0.1, -0.05) is 6.92 Å². The number of piperidine rings is 1. The van der Waals surface area contributed by atoms with E-state index in [0.717, 1.165) is 0 Å². The molecule has 0 aromatic carbocycles. The van der Waals surface area contributed by atoms with Crippen LogP contribution in [0.25, 0.3) is 0 Å². The van der Waals surface area contributed by atoms with Gasteiger partial charge in [-0.15, -0.1) is 0 Å². The molecule has 1 rings (SSSR count). The second-order valence-electron chi connectivity index (χ2n) is 4.04. The van der Waals surface area contributed by atoms with E-state index in [4.69, 9.17) is 0 Å². The molecule has 16 heavy (non-hydrogen) atoms. The molecule has 0 N–H and O–H groups in total. The molecule has 1 fully saturated rings. The summed E-state index contributed by atoms with van der Waals surface area (Å²) in [6, 6.07) is 0. The van der Waals surface area contributed by atoms with Crippen molar-refractivity contribution in [3.63, 3.8) is 0 Å². The molecule has 2 unspecified atom stereocenters. The van der Waals surface area contributed by atoms with Crippen LogP contribution in [0.5, 0.6) is 0 Å². The van der Waals surface area contributed by atoms with E-state index < -0.39 is 36.6 Å². The summed E-state index contributed by atoms with van der Waals surface area (Å²) in [6.45, 7) is 0.626. The first kappa shape index (κ1) is 13.2. The van der Waals surface area contributed by atoms with Gasteiger partial charge in [0.1, 0.15) is 0 Å². The highest BCUT2D eigenvalue weighted by atomic mass is 19.4. The lowest BCUT2D eigenvalue weighted by Gasteiger charge is -2.36. The van der Waals surface area contributed by atoms with Crippen molar-refractivity contribution in [1.82, 2.24) is 4.90 Å². The lowest BCUT2D eigenvalue weighted by Crippen LogP contribution is -2.44. The number of alkyl halides is 3. The molecule has 1 aliphatic heterocycles. The standard InChI is InChI=1S/C9H11F6N/c1-5-2-6(9(13,14)15)4-16(3-5)8(12)7(10)11/h5-6H,2-4H2,1H3. The second kappa shape index (κ2) is 4.55. The molecule has 0 aliphatic carbocycles. The zero-order valence-electron chi connectivity index (χ0n) is 8.49. The van der Waals surface area contributed by atoms with Crippen molar-refractivity contribution in [3.05, 3.63) is 12.0 Å². The van der Waals surface area contributed by atoms with Crippen molar-refractivity contribution in [2.24, 2.45) is 11.8 Å². The van der Waals surface area contributed by atoms with Crippen LogP contribution in [0.2, 0.25) is 0 Å². The largest absolute Gasteiger partial charge is 0.393 e. The molecule has 7 heteroatoms. The Morgan fingerprint density at radius 3 is 2.12 bits per heavy atom. The summed E-state index contributed by atoms with van der Waals surface area (Å²) >= 11 is 0. The van der Waals surface area contributed by atoms with E-state index in [1.54, 1.807) is 0 Å². The molecule has 1 nitrogen and oxygen atoms in total. The van der Waals surface area contributed by atoms with Gasteiger partial charge in [0.05, 0.1) is 5.92 Å². The molecule has 1 heterocycles. The van der Waals surface area contributed by atoms with Gasteiger partial charge in [-0.3, -0.25) is 0 Å². The molecule has 0 spiro atoms. The van der Waals surface area contributed by atoms with Crippen LogP contribution in [0.3, 0.4) is 0 Å². The minimum atomic E-state index is -4.47. The summed E-state index contributed by atoms with van der Waals surface area (Å²) in [7, 11) is 0. The summed E-state index contributed by atoms with van der Waals surface area (Å²) in [4.78, 5) is 0.460. The molecule has 0 aromatic heterocycles. The Bertz CT molecular complexity index is 280. The van der Waals surface area contributed by atoms with Crippen LogP contribution in [0.15, 0.2) is 12.0 Å². The summed E-state index contributed by atoms with van der Waals surface area (Å²) < 4.78 is 73.9. The molecule has 1 saturated heterocycles. The Hall–Kier alpha value is -0.880. The molecule has 1 aliphatic rings. The van der Waals surface area contributed by atoms with E-state index >= 15 is 0 Å². The zero-order chi connectivity index (χ0) is 12.5. The van der Waals surface area contributed by atoms with Crippen molar-refractivity contribution in [2.75, 3.05) is 13.1 Å². The highest BCUT2D eigenvalue weighted by molar-refractivity contribution is 4.96. The van der Waals surface area contributed by atoms with Gasteiger partial charge in [0, 0.05) is 13.1 Å². The van der Waals surface area contributed by atoms with Crippen LogP contribution in [0, 0.1) is 11.8 Å². The normalized spacial score (nSPS) is 26.8. The molecule has 0 amide bonds. The minimum absolute atomic E-state index is 0.115. The lowest BCUT2D eigenvalue weighted by molar-refractivity contribution is -0.190. The zero-order valence-corrected chi connectivity index (χ0v) is 8.49. The van der Waals surface area contributed by atoms with Crippen molar-refractivity contribution in [3.8, 4) is 0 Å². The van der Waals surface area contributed by atoms with E-state index in [1.807, 2.05) is 0 Å². The van der Waals surface area contributed by atoms with Crippen LogP contribution < -0.4 is 0 Å². The first-order valence-corrected chi connectivity index (χ1v) is 4.74. The summed E-state index contributed by atoms with van der Waals surface area (Å²) in [5, 5.41) is 0. The van der Waals surface area contributed by atoms with Crippen molar-refractivity contribution in [1.29, 1.82) is 0 Å². The maximum Gasteiger partial charge on any atom is 0.393 e. The minimum Gasteiger partial charge on any atom is -0.343 e. The van der Waals surface area contributed by atoms with Gasteiger partial charge < -0.3 is 4.90 Å². The van der Waals surface area contributed by atoms with Gasteiger partial charge in [0.25, 0.3) is 5.95 Å². The topological polar surface area (TPSA) is 3.24 Å². The highest BCUT2D eigenvalue weighted by Gasteiger charge is 2.44. The number of hydrogen-bond donors (Lipinski definition) is 0. The number of likely N-dealkylation sites (tertiary alicyclic amines) is 1. The van der Waals surface area contributed by atoms with Crippen molar-refractivity contribution < 1.29 is 26.3 Å². The van der Waals surface area contributed by atoms with Gasteiger partial charge >= 0.3 is 12.3 Å². The average molecular weight is 247 g/mol. The van der Waals surface area contributed by atoms with Crippen LogP contribution in [0.4, 0.5) is 26.3 Å². The average Bonchev–Trinajstić information content (AvgIpc) is 2.14. The van der Waals surface area contributed by atoms with Crippen LogP contribution in [0.1, 0.15) is 13.3 Å². The summed E-state index contributed by atoms with van der Waals surface area (Å²) in [5.74, 6) is -4.06. The lowest BCUT2D eigenvalue weighted by atomic mass is 9.90. The van der Waals surface area contributed by atoms with Crippen LogP contribution in [-0.2, 0) is 0 Å². The SMILES string of the molecule is CC1CC(C(F)(F)F)CN(C(F)=C(F)F)C1.